The molecular formula is C19H17FN6O4. The maximum atomic E-state index is 14.8. The van der Waals surface area contributed by atoms with Gasteiger partial charge in [0.15, 0.2) is 6.10 Å². The average molecular weight is 412 g/mol. The summed E-state index contributed by atoms with van der Waals surface area (Å²) in [5, 5.41) is 11.7. The summed E-state index contributed by atoms with van der Waals surface area (Å²) in [5.41, 5.74) is 1.75. The highest BCUT2D eigenvalue weighted by Crippen LogP contribution is 2.29. The molecule has 1 aliphatic rings. The zero-order valence-corrected chi connectivity index (χ0v) is 16.1. The monoisotopic (exact) mass is 412 g/mol. The molecule has 0 spiro atoms. The van der Waals surface area contributed by atoms with Crippen LogP contribution in [-0.4, -0.2) is 56.5 Å². The summed E-state index contributed by atoms with van der Waals surface area (Å²) in [6.07, 6.45) is 0.292. The van der Waals surface area contributed by atoms with Gasteiger partial charge < -0.3 is 9.47 Å². The Hall–Kier alpha value is -3.89. The number of carbonyl (C=O) groups is 2. The largest absolute Gasteiger partial charge is 0.462 e. The zero-order valence-electron chi connectivity index (χ0n) is 16.1. The molecule has 154 valence electrons. The number of hydrogen-bond donors (Lipinski definition) is 0. The van der Waals surface area contributed by atoms with E-state index < -0.39 is 24.0 Å². The summed E-state index contributed by atoms with van der Waals surface area (Å²) >= 11 is 0. The number of carbonyl (C=O) groups excluding carboxylic acids is 2. The Morgan fingerprint density at radius 1 is 1.33 bits per heavy atom. The van der Waals surface area contributed by atoms with E-state index >= 15 is 0 Å². The number of tetrazole rings is 1. The lowest BCUT2D eigenvalue weighted by molar-refractivity contribution is -0.143. The van der Waals surface area contributed by atoms with Crippen LogP contribution >= 0.6 is 0 Å². The molecule has 1 aliphatic heterocycles. The van der Waals surface area contributed by atoms with Crippen LogP contribution in [0.5, 0.6) is 0 Å². The van der Waals surface area contributed by atoms with E-state index in [2.05, 4.69) is 20.4 Å². The minimum absolute atomic E-state index is 0.0448. The van der Waals surface area contributed by atoms with E-state index in [1.165, 1.54) is 28.9 Å². The number of nitrogens with zero attached hydrogens (tertiary/aromatic N) is 6. The molecule has 0 aliphatic carbocycles. The van der Waals surface area contributed by atoms with Crippen molar-refractivity contribution in [2.75, 3.05) is 18.1 Å². The molecule has 1 saturated heterocycles. The molecule has 2 aromatic heterocycles. The van der Waals surface area contributed by atoms with Crippen molar-refractivity contribution < 1.29 is 23.5 Å². The van der Waals surface area contributed by atoms with E-state index in [9.17, 15) is 14.0 Å². The van der Waals surface area contributed by atoms with Gasteiger partial charge in [-0.05, 0) is 29.5 Å². The van der Waals surface area contributed by atoms with Crippen molar-refractivity contribution in [1.29, 1.82) is 0 Å². The Bertz CT molecular complexity index is 1100. The third kappa shape index (κ3) is 3.95. The molecule has 0 N–H and O–H groups in total. The average Bonchev–Trinajstić information content (AvgIpc) is 3.32. The Morgan fingerprint density at radius 3 is 2.80 bits per heavy atom. The second-order valence-corrected chi connectivity index (χ2v) is 6.62. The van der Waals surface area contributed by atoms with Crippen molar-refractivity contribution in [3.8, 4) is 22.6 Å². The Balaban J connectivity index is 1.51. The van der Waals surface area contributed by atoms with Crippen LogP contribution in [0.3, 0.4) is 0 Å². The van der Waals surface area contributed by atoms with E-state index in [0.717, 1.165) is 0 Å². The Kier molecular flexibility index (Phi) is 5.09. The van der Waals surface area contributed by atoms with E-state index in [-0.39, 0.29) is 13.2 Å². The Morgan fingerprint density at radius 2 is 2.17 bits per heavy atom. The molecule has 1 fully saturated rings. The summed E-state index contributed by atoms with van der Waals surface area (Å²) in [5.74, 6) is -0.610. The van der Waals surface area contributed by atoms with Crippen LogP contribution in [0.2, 0.25) is 0 Å². The molecule has 10 nitrogen and oxygen atoms in total. The number of ether oxygens (including phenoxy) is 2. The van der Waals surface area contributed by atoms with Crippen LogP contribution in [-0.2, 0) is 21.3 Å². The Labute approximate surface area is 170 Å². The molecular weight excluding hydrogens is 395 g/mol. The molecule has 3 aromatic rings. The first-order chi connectivity index (χ1) is 14.4. The lowest BCUT2D eigenvalue weighted by Gasteiger charge is -2.14. The number of esters is 1. The van der Waals surface area contributed by atoms with Gasteiger partial charge in [-0.25, -0.2) is 9.18 Å². The smallest absolute Gasteiger partial charge is 0.414 e. The highest BCUT2D eigenvalue weighted by atomic mass is 19.1. The van der Waals surface area contributed by atoms with Crippen LogP contribution in [0.15, 0.2) is 36.5 Å². The molecule has 4 rings (SSSR count). The third-order valence-electron chi connectivity index (χ3n) is 4.42. The second kappa shape index (κ2) is 7.85. The molecule has 11 heteroatoms. The van der Waals surface area contributed by atoms with Gasteiger partial charge in [-0.1, -0.05) is 6.07 Å². The van der Waals surface area contributed by atoms with Crippen LogP contribution < -0.4 is 4.90 Å². The number of aryl methyl sites for hydroxylation is 1. The number of amides is 1. The number of halogens is 1. The van der Waals surface area contributed by atoms with Crippen molar-refractivity contribution in [2.24, 2.45) is 7.05 Å². The third-order valence-corrected chi connectivity index (χ3v) is 4.42. The number of cyclic esters (lactones) is 1. The first-order valence-electron chi connectivity index (χ1n) is 9.02. The van der Waals surface area contributed by atoms with Crippen LogP contribution in [0.25, 0.3) is 22.6 Å². The summed E-state index contributed by atoms with van der Waals surface area (Å²) in [6.45, 7) is 1.39. The summed E-state index contributed by atoms with van der Waals surface area (Å²) in [6, 6.07) is 7.82. The summed E-state index contributed by atoms with van der Waals surface area (Å²) in [4.78, 5) is 29.9. The van der Waals surface area contributed by atoms with Crippen molar-refractivity contribution in [3.63, 3.8) is 0 Å². The van der Waals surface area contributed by atoms with Gasteiger partial charge in [-0.2, -0.15) is 4.80 Å². The SMILES string of the molecule is CC(=O)OC[C@H]1CN(c2ccc(-c3ccc(-c4nnn(C)n4)nc3)c(F)c2)C(=O)O1. The van der Waals surface area contributed by atoms with Crippen molar-refractivity contribution >= 4 is 17.7 Å². The highest BCUT2D eigenvalue weighted by molar-refractivity contribution is 5.90. The lowest BCUT2D eigenvalue weighted by atomic mass is 10.1. The van der Waals surface area contributed by atoms with Crippen LogP contribution in [0, 0.1) is 5.82 Å². The topological polar surface area (TPSA) is 112 Å². The van der Waals surface area contributed by atoms with Gasteiger partial charge in [0, 0.05) is 24.2 Å². The number of aromatic nitrogens is 5. The summed E-state index contributed by atoms with van der Waals surface area (Å²) < 4.78 is 24.8. The van der Waals surface area contributed by atoms with E-state index in [1.807, 2.05) is 0 Å². The van der Waals surface area contributed by atoms with Crippen LogP contribution in [0.1, 0.15) is 6.92 Å². The number of benzene rings is 1. The first kappa shape index (κ1) is 19.4. The lowest BCUT2D eigenvalue weighted by Crippen LogP contribution is -2.26. The van der Waals surface area contributed by atoms with E-state index in [1.54, 1.807) is 31.3 Å². The number of pyridine rings is 1. The van der Waals surface area contributed by atoms with E-state index in [4.69, 9.17) is 9.47 Å². The minimum Gasteiger partial charge on any atom is -0.462 e. The fourth-order valence-corrected chi connectivity index (χ4v) is 3.01. The fourth-order valence-electron chi connectivity index (χ4n) is 3.01. The fraction of sp³-hybridized carbons (Fsp3) is 0.263. The molecule has 1 atom stereocenters. The second-order valence-electron chi connectivity index (χ2n) is 6.62. The van der Waals surface area contributed by atoms with Gasteiger partial charge in [-0.15, -0.1) is 10.2 Å². The molecule has 3 heterocycles. The standard InChI is InChI=1S/C19H17FN6O4/c1-11(27)29-10-14-9-26(19(28)30-14)13-4-5-15(16(20)7-13)12-3-6-17(21-8-12)18-22-24-25(2)23-18/h3-8,14H,9-10H2,1-2H3/t14-/m1/s1. The molecule has 0 saturated carbocycles. The molecule has 30 heavy (non-hydrogen) atoms. The first-order valence-corrected chi connectivity index (χ1v) is 9.02. The van der Waals surface area contributed by atoms with Gasteiger partial charge in [0.05, 0.1) is 19.3 Å². The number of hydrogen-bond acceptors (Lipinski definition) is 8. The van der Waals surface area contributed by atoms with Gasteiger partial charge in [0.25, 0.3) is 0 Å². The maximum absolute atomic E-state index is 14.8. The molecule has 0 unspecified atom stereocenters. The molecule has 0 bridgehead atoms. The number of rotatable bonds is 5. The number of anilines is 1. The maximum Gasteiger partial charge on any atom is 0.414 e. The predicted octanol–water partition coefficient (Wildman–Crippen LogP) is 1.97. The van der Waals surface area contributed by atoms with Gasteiger partial charge in [0.1, 0.15) is 18.1 Å². The highest BCUT2D eigenvalue weighted by Gasteiger charge is 2.33. The van der Waals surface area contributed by atoms with Gasteiger partial charge >= 0.3 is 12.1 Å². The molecule has 1 aromatic carbocycles. The summed E-state index contributed by atoms with van der Waals surface area (Å²) in [7, 11) is 1.65. The molecule has 1 amide bonds. The van der Waals surface area contributed by atoms with Crippen molar-refractivity contribution in [3.05, 3.63) is 42.3 Å². The molecule has 0 radical (unpaired) electrons. The van der Waals surface area contributed by atoms with E-state index in [0.29, 0.717) is 28.3 Å². The zero-order chi connectivity index (χ0) is 21.3. The van der Waals surface area contributed by atoms with Gasteiger partial charge in [-0.3, -0.25) is 14.7 Å². The van der Waals surface area contributed by atoms with Crippen molar-refractivity contribution in [2.45, 2.75) is 13.0 Å². The van der Waals surface area contributed by atoms with Crippen LogP contribution in [0.4, 0.5) is 14.9 Å². The normalized spacial score (nSPS) is 15.9. The van der Waals surface area contributed by atoms with Gasteiger partial charge in [0.2, 0.25) is 5.82 Å². The predicted molar refractivity (Wildman–Crippen MR) is 102 cm³/mol. The minimum atomic E-state index is -0.623. The quantitative estimate of drug-likeness (QED) is 0.585. The van der Waals surface area contributed by atoms with Crippen molar-refractivity contribution in [1.82, 2.24) is 25.2 Å².